The Morgan fingerprint density at radius 1 is 1.26 bits per heavy atom. The van der Waals surface area contributed by atoms with E-state index in [1.165, 1.54) is 0 Å². The molecule has 1 aliphatic heterocycles. The molecule has 5 heteroatoms. The smallest absolute Gasteiger partial charge is 0.226 e. The van der Waals surface area contributed by atoms with Crippen molar-refractivity contribution in [1.29, 1.82) is 0 Å². The van der Waals surface area contributed by atoms with Crippen molar-refractivity contribution in [1.82, 2.24) is 4.90 Å². The molecular formula is C18H27NO3S. The van der Waals surface area contributed by atoms with Gasteiger partial charge in [0, 0.05) is 13.5 Å². The number of thioether (sulfide) groups is 1. The number of amides is 1. The molecule has 1 aromatic carbocycles. The van der Waals surface area contributed by atoms with Crippen molar-refractivity contribution < 1.29 is 14.3 Å². The second-order valence-electron chi connectivity index (χ2n) is 6.86. The van der Waals surface area contributed by atoms with Gasteiger partial charge in [-0.2, -0.15) is 0 Å². The van der Waals surface area contributed by atoms with Gasteiger partial charge < -0.3 is 14.4 Å². The molecule has 0 unspecified atom stereocenters. The minimum atomic E-state index is -0.268. The van der Waals surface area contributed by atoms with Crippen molar-refractivity contribution in [2.24, 2.45) is 0 Å². The van der Waals surface area contributed by atoms with Gasteiger partial charge >= 0.3 is 0 Å². The molecule has 1 saturated heterocycles. The van der Waals surface area contributed by atoms with E-state index >= 15 is 0 Å². The first kappa shape index (κ1) is 18.1. The first-order chi connectivity index (χ1) is 10.7. The first-order valence-electron chi connectivity index (χ1n) is 7.89. The Morgan fingerprint density at radius 2 is 1.96 bits per heavy atom. The minimum Gasteiger partial charge on any atom is -0.497 e. The molecule has 1 aliphatic rings. The molecule has 1 heterocycles. The van der Waals surface area contributed by atoms with Gasteiger partial charge in [-0.25, -0.2) is 0 Å². The van der Waals surface area contributed by atoms with E-state index in [2.05, 4.69) is 27.7 Å². The lowest BCUT2D eigenvalue weighted by molar-refractivity contribution is -0.148. The summed E-state index contributed by atoms with van der Waals surface area (Å²) >= 11 is 1.78. The molecule has 0 spiro atoms. The normalized spacial score (nSPS) is 22.2. The Morgan fingerprint density at radius 3 is 2.57 bits per heavy atom. The van der Waals surface area contributed by atoms with Crippen LogP contribution in [-0.2, 0) is 16.0 Å². The average molecular weight is 337 g/mol. The number of benzene rings is 1. The van der Waals surface area contributed by atoms with E-state index in [9.17, 15) is 4.79 Å². The number of methoxy groups -OCH3 is 2. The lowest BCUT2D eigenvalue weighted by Crippen LogP contribution is -2.50. The molecule has 0 bridgehead atoms. The number of hydrogen-bond donors (Lipinski definition) is 0. The molecule has 2 rings (SSSR count). The highest BCUT2D eigenvalue weighted by Gasteiger charge is 2.53. The molecule has 0 saturated carbocycles. The molecule has 0 aromatic heterocycles. The molecule has 1 amide bonds. The van der Waals surface area contributed by atoms with Gasteiger partial charge in [-0.3, -0.25) is 4.79 Å². The monoisotopic (exact) mass is 337 g/mol. The fourth-order valence-electron chi connectivity index (χ4n) is 3.36. The van der Waals surface area contributed by atoms with Crippen molar-refractivity contribution in [2.75, 3.05) is 14.2 Å². The van der Waals surface area contributed by atoms with Crippen molar-refractivity contribution >= 4 is 17.7 Å². The number of hydrogen-bond acceptors (Lipinski definition) is 4. The zero-order valence-electron chi connectivity index (χ0n) is 14.9. The van der Waals surface area contributed by atoms with Crippen LogP contribution in [0.15, 0.2) is 24.3 Å². The number of carbonyl (C=O) groups excluding carboxylic acids is 1. The van der Waals surface area contributed by atoms with Crippen LogP contribution in [0, 0.1) is 0 Å². The third-order valence-corrected chi connectivity index (χ3v) is 5.60. The summed E-state index contributed by atoms with van der Waals surface area (Å²) in [6, 6.07) is 7.87. The van der Waals surface area contributed by atoms with Gasteiger partial charge in [0.25, 0.3) is 0 Å². The van der Waals surface area contributed by atoms with Crippen LogP contribution >= 0.6 is 11.8 Å². The van der Waals surface area contributed by atoms with Crippen molar-refractivity contribution in [3.8, 4) is 5.75 Å². The van der Waals surface area contributed by atoms with Crippen molar-refractivity contribution in [2.45, 2.75) is 56.4 Å². The second-order valence-corrected chi connectivity index (χ2v) is 9.11. The van der Waals surface area contributed by atoms with E-state index in [1.807, 2.05) is 29.2 Å². The third kappa shape index (κ3) is 3.83. The molecule has 1 atom stereocenters. The topological polar surface area (TPSA) is 38.8 Å². The Bertz CT molecular complexity index is 571. The molecular weight excluding hydrogens is 310 g/mol. The number of aryl methyl sites for hydroxylation is 1. The quantitative estimate of drug-likeness (QED) is 0.821. The summed E-state index contributed by atoms with van der Waals surface area (Å²) in [6.45, 7) is 8.43. The van der Waals surface area contributed by atoms with Gasteiger partial charge in [0.1, 0.15) is 12.0 Å². The van der Waals surface area contributed by atoms with Gasteiger partial charge in [0.15, 0.2) is 0 Å². The van der Waals surface area contributed by atoms with E-state index in [0.717, 1.165) is 11.3 Å². The summed E-state index contributed by atoms with van der Waals surface area (Å²) in [5, 5.41) is 0. The standard InChI is InChI=1S/C18H27NO3S/c1-17(2)16(22-6)19(18(3,4)23-17)15(20)11-10-13-8-7-9-14(12-13)21-5/h7-9,12,16H,10-11H2,1-6H3/t16-/m1/s1. The van der Waals surface area contributed by atoms with E-state index in [1.54, 1.807) is 26.0 Å². The molecule has 0 radical (unpaired) electrons. The van der Waals surface area contributed by atoms with E-state index < -0.39 is 0 Å². The Hall–Kier alpha value is -1.20. The molecule has 23 heavy (non-hydrogen) atoms. The van der Waals surface area contributed by atoms with Gasteiger partial charge in [0.05, 0.1) is 16.7 Å². The lowest BCUT2D eigenvalue weighted by atomic mass is 10.1. The fourth-order valence-corrected chi connectivity index (χ4v) is 5.24. The Kier molecular flexibility index (Phi) is 5.31. The first-order valence-corrected chi connectivity index (χ1v) is 8.71. The highest BCUT2D eigenvalue weighted by atomic mass is 32.2. The molecule has 1 fully saturated rings. The van der Waals surface area contributed by atoms with Crippen LogP contribution in [0.1, 0.15) is 39.7 Å². The summed E-state index contributed by atoms with van der Waals surface area (Å²) in [4.78, 5) is 14.5. The van der Waals surface area contributed by atoms with Crippen molar-refractivity contribution in [3.63, 3.8) is 0 Å². The highest BCUT2D eigenvalue weighted by Crippen LogP contribution is 2.51. The second kappa shape index (κ2) is 6.73. The predicted molar refractivity (Wildman–Crippen MR) is 94.7 cm³/mol. The van der Waals surface area contributed by atoms with Crippen LogP contribution in [0.5, 0.6) is 5.75 Å². The highest BCUT2D eigenvalue weighted by molar-refractivity contribution is 8.02. The fraction of sp³-hybridized carbons (Fsp3) is 0.611. The maximum absolute atomic E-state index is 12.8. The third-order valence-electron chi connectivity index (χ3n) is 4.18. The maximum Gasteiger partial charge on any atom is 0.226 e. The van der Waals surface area contributed by atoms with Crippen LogP contribution in [0.2, 0.25) is 0 Å². The van der Waals surface area contributed by atoms with Gasteiger partial charge in [-0.05, 0) is 51.8 Å². The summed E-state index contributed by atoms with van der Waals surface area (Å²) in [5.41, 5.74) is 1.11. The molecule has 4 nitrogen and oxygen atoms in total. The zero-order chi connectivity index (χ0) is 17.3. The van der Waals surface area contributed by atoms with Gasteiger partial charge in [-0.15, -0.1) is 11.8 Å². The van der Waals surface area contributed by atoms with E-state index in [4.69, 9.17) is 9.47 Å². The van der Waals surface area contributed by atoms with Crippen LogP contribution in [0.3, 0.4) is 0 Å². The molecule has 0 aliphatic carbocycles. The maximum atomic E-state index is 12.8. The van der Waals surface area contributed by atoms with Crippen LogP contribution in [0.4, 0.5) is 0 Å². The largest absolute Gasteiger partial charge is 0.497 e. The van der Waals surface area contributed by atoms with Gasteiger partial charge in [0.2, 0.25) is 5.91 Å². The van der Waals surface area contributed by atoms with Crippen LogP contribution in [0.25, 0.3) is 0 Å². The number of nitrogens with zero attached hydrogens (tertiary/aromatic N) is 1. The lowest BCUT2D eigenvalue weighted by Gasteiger charge is -2.35. The van der Waals surface area contributed by atoms with Crippen LogP contribution < -0.4 is 4.74 Å². The Balaban J connectivity index is 2.09. The number of rotatable bonds is 5. The predicted octanol–water partition coefficient (Wildman–Crippen LogP) is 3.69. The number of ether oxygens (including phenoxy) is 2. The summed E-state index contributed by atoms with van der Waals surface area (Å²) in [7, 11) is 3.33. The van der Waals surface area contributed by atoms with Gasteiger partial charge in [-0.1, -0.05) is 12.1 Å². The van der Waals surface area contributed by atoms with Crippen LogP contribution in [-0.4, -0.2) is 40.9 Å². The SMILES string of the molecule is COc1cccc(CCC(=O)N2[C@H](OC)C(C)(C)SC2(C)C)c1. The van der Waals surface area contributed by atoms with E-state index in [0.29, 0.717) is 12.8 Å². The summed E-state index contributed by atoms with van der Waals surface area (Å²) in [5.74, 6) is 0.950. The summed E-state index contributed by atoms with van der Waals surface area (Å²) < 4.78 is 10.8. The molecule has 1 aromatic rings. The molecule has 0 N–H and O–H groups in total. The van der Waals surface area contributed by atoms with E-state index in [-0.39, 0.29) is 21.8 Å². The molecule has 128 valence electrons. The summed E-state index contributed by atoms with van der Waals surface area (Å²) in [6.07, 6.45) is 0.956. The minimum absolute atomic E-state index is 0.121. The number of carbonyl (C=O) groups is 1. The zero-order valence-corrected chi connectivity index (χ0v) is 15.7. The average Bonchev–Trinajstić information content (AvgIpc) is 2.68. The Labute approximate surface area is 143 Å². The van der Waals surface area contributed by atoms with Crippen molar-refractivity contribution in [3.05, 3.63) is 29.8 Å².